The van der Waals surface area contributed by atoms with Gasteiger partial charge in [0.25, 0.3) is 0 Å². The molecule has 1 unspecified atom stereocenters. The Labute approximate surface area is 121 Å². The molecule has 1 aromatic rings. The van der Waals surface area contributed by atoms with Crippen molar-refractivity contribution in [2.45, 2.75) is 39.2 Å². The van der Waals surface area contributed by atoms with Crippen molar-refractivity contribution in [1.29, 1.82) is 0 Å². The van der Waals surface area contributed by atoms with Crippen molar-refractivity contribution in [1.82, 2.24) is 5.32 Å². The number of unbranched alkanes of at least 4 members (excludes halogenated alkanes) is 2. The molecular formula is C16H27NO3. The van der Waals surface area contributed by atoms with Gasteiger partial charge >= 0.3 is 0 Å². The summed E-state index contributed by atoms with van der Waals surface area (Å²) in [4.78, 5) is 0. The topological polar surface area (TPSA) is 61.7 Å². The first-order valence-electron chi connectivity index (χ1n) is 7.33. The van der Waals surface area contributed by atoms with Crippen molar-refractivity contribution in [3.05, 3.63) is 29.3 Å². The first-order valence-corrected chi connectivity index (χ1v) is 7.33. The maximum atomic E-state index is 9.85. The van der Waals surface area contributed by atoms with E-state index in [2.05, 4.69) is 5.32 Å². The average molecular weight is 281 g/mol. The Morgan fingerprint density at radius 3 is 2.75 bits per heavy atom. The van der Waals surface area contributed by atoms with E-state index < -0.39 is 6.10 Å². The summed E-state index contributed by atoms with van der Waals surface area (Å²) in [5.74, 6) is 0.840. The molecule has 0 aliphatic rings. The van der Waals surface area contributed by atoms with E-state index in [4.69, 9.17) is 9.84 Å². The predicted octanol–water partition coefficient (Wildman–Crippen LogP) is 1.80. The fourth-order valence-electron chi connectivity index (χ4n) is 1.91. The number of aryl methyl sites for hydroxylation is 2. The van der Waals surface area contributed by atoms with Crippen molar-refractivity contribution >= 4 is 0 Å². The summed E-state index contributed by atoms with van der Waals surface area (Å²) in [5.41, 5.74) is 2.24. The van der Waals surface area contributed by atoms with Crippen LogP contribution >= 0.6 is 0 Å². The van der Waals surface area contributed by atoms with Crippen LogP contribution in [0, 0.1) is 13.8 Å². The number of rotatable bonds is 10. The van der Waals surface area contributed by atoms with Gasteiger partial charge in [-0.2, -0.15) is 0 Å². The molecule has 0 bridgehead atoms. The Balaban J connectivity index is 2.16. The lowest BCUT2D eigenvalue weighted by atomic mass is 10.1. The van der Waals surface area contributed by atoms with Crippen LogP contribution in [0.15, 0.2) is 18.2 Å². The van der Waals surface area contributed by atoms with Crippen LogP contribution in [0.25, 0.3) is 0 Å². The van der Waals surface area contributed by atoms with E-state index in [9.17, 15) is 5.11 Å². The summed E-state index contributed by atoms with van der Waals surface area (Å²) in [6.07, 6.45) is 2.37. The van der Waals surface area contributed by atoms with Gasteiger partial charge in [-0.3, -0.25) is 0 Å². The summed E-state index contributed by atoms with van der Waals surface area (Å²) in [6.45, 7) is 5.97. The van der Waals surface area contributed by atoms with Crippen molar-refractivity contribution in [3.63, 3.8) is 0 Å². The number of nitrogens with one attached hydrogen (secondary N) is 1. The molecule has 114 valence electrons. The van der Waals surface area contributed by atoms with Gasteiger partial charge < -0.3 is 20.3 Å². The quantitative estimate of drug-likeness (QED) is 0.572. The summed E-state index contributed by atoms with van der Waals surface area (Å²) >= 11 is 0. The van der Waals surface area contributed by atoms with Gasteiger partial charge in [-0.25, -0.2) is 0 Å². The van der Waals surface area contributed by atoms with Gasteiger partial charge in [-0.05, 0) is 56.8 Å². The molecule has 1 rings (SSSR count). The molecule has 0 amide bonds. The highest BCUT2D eigenvalue weighted by molar-refractivity contribution is 5.35. The van der Waals surface area contributed by atoms with Gasteiger partial charge in [0.2, 0.25) is 0 Å². The second kappa shape index (κ2) is 9.75. The zero-order chi connectivity index (χ0) is 14.8. The van der Waals surface area contributed by atoms with E-state index in [0.29, 0.717) is 13.2 Å². The second-order valence-corrected chi connectivity index (χ2v) is 5.22. The van der Waals surface area contributed by atoms with E-state index in [1.54, 1.807) is 0 Å². The zero-order valence-electron chi connectivity index (χ0n) is 12.6. The van der Waals surface area contributed by atoms with E-state index in [1.165, 1.54) is 0 Å². The molecule has 1 atom stereocenters. The van der Waals surface area contributed by atoms with Gasteiger partial charge in [0.15, 0.2) is 0 Å². The van der Waals surface area contributed by atoms with Crippen molar-refractivity contribution in [3.8, 4) is 5.75 Å². The fourth-order valence-corrected chi connectivity index (χ4v) is 1.91. The molecule has 0 aromatic heterocycles. The number of aliphatic hydroxyl groups is 2. The highest BCUT2D eigenvalue weighted by atomic mass is 16.5. The number of ether oxygens (including phenoxy) is 1. The summed E-state index contributed by atoms with van der Waals surface area (Å²) in [6, 6.07) is 6.06. The van der Waals surface area contributed by atoms with Gasteiger partial charge in [0.05, 0.1) is 0 Å². The van der Waals surface area contributed by atoms with Crippen LogP contribution in [-0.2, 0) is 0 Å². The predicted molar refractivity (Wildman–Crippen MR) is 81.2 cm³/mol. The fraction of sp³-hybridized carbons (Fsp3) is 0.625. The molecule has 0 fully saturated rings. The van der Waals surface area contributed by atoms with Gasteiger partial charge in [0, 0.05) is 13.2 Å². The molecule has 0 spiro atoms. The molecule has 0 aliphatic carbocycles. The Morgan fingerprint density at radius 1 is 1.20 bits per heavy atom. The first-order chi connectivity index (χ1) is 9.63. The molecule has 3 N–H and O–H groups in total. The van der Waals surface area contributed by atoms with Crippen LogP contribution in [0.2, 0.25) is 0 Å². The second-order valence-electron chi connectivity index (χ2n) is 5.22. The molecule has 0 heterocycles. The van der Waals surface area contributed by atoms with Crippen molar-refractivity contribution < 1.29 is 14.9 Å². The maximum absolute atomic E-state index is 9.85. The third-order valence-corrected chi connectivity index (χ3v) is 3.17. The maximum Gasteiger partial charge on any atom is 0.122 e. The van der Waals surface area contributed by atoms with Crippen LogP contribution in [0.5, 0.6) is 5.75 Å². The van der Waals surface area contributed by atoms with Crippen LogP contribution in [0.1, 0.15) is 30.4 Å². The van der Waals surface area contributed by atoms with Crippen molar-refractivity contribution in [2.24, 2.45) is 0 Å². The average Bonchev–Trinajstić information content (AvgIpc) is 2.43. The summed E-state index contributed by atoms with van der Waals surface area (Å²) in [7, 11) is 0. The lowest BCUT2D eigenvalue weighted by molar-refractivity contribution is 0.106. The molecule has 4 heteroatoms. The number of benzene rings is 1. The Kier molecular flexibility index (Phi) is 8.26. The number of hydrogen-bond acceptors (Lipinski definition) is 4. The SMILES string of the molecule is Cc1ccc(C)c(OCC(O)CNCCCCCO)c1. The molecule has 4 nitrogen and oxygen atoms in total. The largest absolute Gasteiger partial charge is 0.491 e. The highest BCUT2D eigenvalue weighted by Gasteiger charge is 2.06. The monoisotopic (exact) mass is 281 g/mol. The molecule has 1 aromatic carbocycles. The molecule has 20 heavy (non-hydrogen) atoms. The molecule has 0 saturated heterocycles. The lowest BCUT2D eigenvalue weighted by Gasteiger charge is -2.15. The van der Waals surface area contributed by atoms with E-state index in [0.717, 1.165) is 42.7 Å². The zero-order valence-corrected chi connectivity index (χ0v) is 12.6. The summed E-state index contributed by atoms with van der Waals surface area (Å²) in [5, 5.41) is 21.7. The van der Waals surface area contributed by atoms with Gasteiger partial charge in [-0.1, -0.05) is 12.1 Å². The van der Waals surface area contributed by atoms with Crippen LogP contribution in [-0.4, -0.2) is 42.6 Å². The minimum atomic E-state index is -0.507. The van der Waals surface area contributed by atoms with Crippen LogP contribution in [0.3, 0.4) is 0 Å². The van der Waals surface area contributed by atoms with Crippen molar-refractivity contribution in [2.75, 3.05) is 26.3 Å². The normalized spacial score (nSPS) is 12.4. The molecule has 0 radical (unpaired) electrons. The highest BCUT2D eigenvalue weighted by Crippen LogP contribution is 2.19. The van der Waals surface area contributed by atoms with Gasteiger partial charge in [-0.15, -0.1) is 0 Å². The van der Waals surface area contributed by atoms with E-state index in [1.807, 2.05) is 32.0 Å². The molecule has 0 aliphatic heterocycles. The third-order valence-electron chi connectivity index (χ3n) is 3.17. The minimum absolute atomic E-state index is 0.256. The lowest BCUT2D eigenvalue weighted by Crippen LogP contribution is -2.32. The Bertz CT molecular complexity index is 382. The molecular weight excluding hydrogens is 254 g/mol. The number of hydrogen-bond donors (Lipinski definition) is 3. The number of aliphatic hydroxyl groups excluding tert-OH is 2. The Hall–Kier alpha value is -1.10. The first kappa shape index (κ1) is 17.0. The summed E-state index contributed by atoms with van der Waals surface area (Å²) < 4.78 is 5.65. The van der Waals surface area contributed by atoms with Crippen LogP contribution in [0.4, 0.5) is 0 Å². The van der Waals surface area contributed by atoms with E-state index in [-0.39, 0.29) is 6.61 Å². The standard InChI is InChI=1S/C16H27NO3/c1-13-6-7-14(2)16(10-13)20-12-15(19)11-17-8-4-3-5-9-18/h6-7,10,15,17-19H,3-5,8-9,11-12H2,1-2H3. The van der Waals surface area contributed by atoms with Crippen LogP contribution < -0.4 is 10.1 Å². The minimum Gasteiger partial charge on any atom is -0.491 e. The van der Waals surface area contributed by atoms with Gasteiger partial charge in [0.1, 0.15) is 18.5 Å². The van der Waals surface area contributed by atoms with E-state index >= 15 is 0 Å². The Morgan fingerprint density at radius 2 is 2.00 bits per heavy atom. The third kappa shape index (κ3) is 6.89. The smallest absolute Gasteiger partial charge is 0.122 e. The molecule has 0 saturated carbocycles.